The molecular formula is C16H26N2O4S. The quantitative estimate of drug-likeness (QED) is 0.857. The molecule has 130 valence electrons. The van der Waals surface area contributed by atoms with Crippen LogP contribution >= 0.6 is 0 Å². The highest BCUT2D eigenvalue weighted by atomic mass is 32.2. The maximum atomic E-state index is 12.5. The summed E-state index contributed by atoms with van der Waals surface area (Å²) in [6.07, 6.45) is 5.87. The van der Waals surface area contributed by atoms with Gasteiger partial charge in [0.25, 0.3) is 0 Å². The molecule has 0 spiro atoms. The number of carbonyl (C=O) groups excluding carboxylic acids is 1. The van der Waals surface area contributed by atoms with Gasteiger partial charge >= 0.3 is 0 Å². The van der Waals surface area contributed by atoms with Crippen molar-refractivity contribution in [2.24, 2.45) is 5.92 Å². The molecule has 2 rings (SSSR count). The minimum Gasteiger partial charge on any atom is -0.361 e. The number of hydrogen-bond acceptors (Lipinski definition) is 5. The zero-order valence-corrected chi connectivity index (χ0v) is 14.9. The van der Waals surface area contributed by atoms with Crippen molar-refractivity contribution in [2.75, 3.05) is 6.54 Å². The summed E-state index contributed by atoms with van der Waals surface area (Å²) in [6.45, 7) is 5.40. The average Bonchev–Trinajstić information content (AvgIpc) is 2.84. The van der Waals surface area contributed by atoms with Crippen LogP contribution in [-0.2, 0) is 20.4 Å². The standard InChI is InChI=1S/C16H26N2O4S/c1-11-15(12(2)22-18-11)10-23(20,21)13(3)16(19)17-9-14-7-5-4-6-8-14/h13-14H,4-10H2,1-3H3,(H,17,19). The van der Waals surface area contributed by atoms with Gasteiger partial charge < -0.3 is 9.84 Å². The van der Waals surface area contributed by atoms with E-state index in [9.17, 15) is 13.2 Å². The molecule has 0 aromatic carbocycles. The highest BCUT2D eigenvalue weighted by Gasteiger charge is 2.30. The van der Waals surface area contributed by atoms with Crippen LogP contribution in [-0.4, -0.2) is 31.3 Å². The molecule has 0 bridgehead atoms. The first kappa shape index (κ1) is 18.0. The van der Waals surface area contributed by atoms with Crippen LogP contribution in [0.5, 0.6) is 0 Å². The van der Waals surface area contributed by atoms with Gasteiger partial charge in [0, 0.05) is 12.1 Å². The van der Waals surface area contributed by atoms with Gasteiger partial charge in [-0.05, 0) is 39.5 Å². The van der Waals surface area contributed by atoms with Crippen molar-refractivity contribution in [3.63, 3.8) is 0 Å². The second-order valence-corrected chi connectivity index (χ2v) is 8.82. The topological polar surface area (TPSA) is 89.3 Å². The van der Waals surface area contributed by atoms with Crippen molar-refractivity contribution >= 4 is 15.7 Å². The highest BCUT2D eigenvalue weighted by molar-refractivity contribution is 7.92. The summed E-state index contributed by atoms with van der Waals surface area (Å²) < 4.78 is 29.9. The number of nitrogens with one attached hydrogen (secondary N) is 1. The maximum absolute atomic E-state index is 12.5. The summed E-state index contributed by atoms with van der Waals surface area (Å²) in [6, 6.07) is 0. The van der Waals surface area contributed by atoms with E-state index < -0.39 is 21.0 Å². The van der Waals surface area contributed by atoms with E-state index in [0.717, 1.165) is 12.8 Å². The van der Waals surface area contributed by atoms with E-state index in [2.05, 4.69) is 10.5 Å². The van der Waals surface area contributed by atoms with E-state index in [1.807, 2.05) is 0 Å². The van der Waals surface area contributed by atoms with E-state index in [0.29, 0.717) is 29.5 Å². The number of sulfone groups is 1. The molecule has 0 radical (unpaired) electrons. The third-order valence-electron chi connectivity index (χ3n) is 4.72. The zero-order chi connectivity index (χ0) is 17.0. The molecular weight excluding hydrogens is 316 g/mol. The van der Waals surface area contributed by atoms with Gasteiger partial charge in [0.1, 0.15) is 11.0 Å². The Labute approximate surface area is 137 Å². The van der Waals surface area contributed by atoms with Gasteiger partial charge in [-0.1, -0.05) is 24.4 Å². The van der Waals surface area contributed by atoms with Crippen molar-refractivity contribution in [3.05, 3.63) is 17.0 Å². The first-order valence-electron chi connectivity index (χ1n) is 8.22. The molecule has 7 heteroatoms. The molecule has 1 atom stereocenters. The maximum Gasteiger partial charge on any atom is 0.238 e. The molecule has 1 N–H and O–H groups in total. The minimum atomic E-state index is -3.59. The molecule has 1 aromatic heterocycles. The summed E-state index contributed by atoms with van der Waals surface area (Å²) >= 11 is 0. The van der Waals surface area contributed by atoms with E-state index >= 15 is 0 Å². The first-order chi connectivity index (χ1) is 10.8. The second kappa shape index (κ2) is 7.47. The monoisotopic (exact) mass is 342 g/mol. The number of rotatable bonds is 6. The van der Waals surface area contributed by atoms with E-state index in [4.69, 9.17) is 4.52 Å². The van der Waals surface area contributed by atoms with Crippen LogP contribution < -0.4 is 5.32 Å². The molecule has 1 fully saturated rings. The van der Waals surface area contributed by atoms with Gasteiger partial charge in [-0.2, -0.15) is 0 Å². The molecule has 1 heterocycles. The molecule has 1 saturated carbocycles. The number of nitrogens with zero attached hydrogens (tertiary/aromatic N) is 1. The van der Waals surface area contributed by atoms with Crippen LogP contribution in [0, 0.1) is 19.8 Å². The fourth-order valence-electron chi connectivity index (χ4n) is 2.98. The Bertz CT molecular complexity index is 626. The van der Waals surface area contributed by atoms with Crippen molar-refractivity contribution < 1.29 is 17.7 Å². The fourth-order valence-corrected chi connectivity index (χ4v) is 4.45. The third kappa shape index (κ3) is 4.56. The van der Waals surface area contributed by atoms with Crippen LogP contribution in [0.2, 0.25) is 0 Å². The van der Waals surface area contributed by atoms with Crippen molar-refractivity contribution in [2.45, 2.75) is 63.9 Å². The summed E-state index contributed by atoms with van der Waals surface area (Å²) in [4.78, 5) is 12.2. The van der Waals surface area contributed by atoms with Crippen molar-refractivity contribution in [3.8, 4) is 0 Å². The van der Waals surface area contributed by atoms with Gasteiger partial charge in [0.2, 0.25) is 5.91 Å². The largest absolute Gasteiger partial charge is 0.361 e. The Morgan fingerprint density at radius 2 is 1.96 bits per heavy atom. The predicted molar refractivity (Wildman–Crippen MR) is 87.6 cm³/mol. The Morgan fingerprint density at radius 1 is 1.30 bits per heavy atom. The average molecular weight is 342 g/mol. The summed E-state index contributed by atoms with van der Waals surface area (Å²) in [5, 5.41) is 5.50. The smallest absolute Gasteiger partial charge is 0.238 e. The summed E-state index contributed by atoms with van der Waals surface area (Å²) in [5.74, 6) is 0.333. The predicted octanol–water partition coefficient (Wildman–Crippen LogP) is 2.29. The zero-order valence-electron chi connectivity index (χ0n) is 14.1. The van der Waals surface area contributed by atoms with Crippen molar-refractivity contribution in [1.82, 2.24) is 10.5 Å². The molecule has 1 aliphatic carbocycles. The minimum absolute atomic E-state index is 0.216. The van der Waals surface area contributed by atoms with Crippen LogP contribution in [0.4, 0.5) is 0 Å². The van der Waals surface area contributed by atoms with E-state index in [1.54, 1.807) is 13.8 Å². The van der Waals surface area contributed by atoms with Crippen molar-refractivity contribution in [1.29, 1.82) is 0 Å². The first-order valence-corrected chi connectivity index (χ1v) is 9.94. The lowest BCUT2D eigenvalue weighted by molar-refractivity contribution is -0.120. The van der Waals surface area contributed by atoms with E-state index in [-0.39, 0.29) is 5.75 Å². The van der Waals surface area contributed by atoms with Gasteiger partial charge in [-0.3, -0.25) is 4.79 Å². The van der Waals surface area contributed by atoms with Crippen LogP contribution in [0.1, 0.15) is 56.0 Å². The molecule has 1 aliphatic rings. The molecule has 23 heavy (non-hydrogen) atoms. The van der Waals surface area contributed by atoms with Gasteiger partial charge in [-0.15, -0.1) is 0 Å². The number of aryl methyl sites for hydroxylation is 2. The van der Waals surface area contributed by atoms with Gasteiger partial charge in [0.15, 0.2) is 9.84 Å². The molecule has 0 saturated heterocycles. The lowest BCUT2D eigenvalue weighted by atomic mass is 9.89. The molecule has 0 aliphatic heterocycles. The van der Waals surface area contributed by atoms with Gasteiger partial charge in [-0.25, -0.2) is 8.42 Å². The molecule has 1 amide bonds. The Morgan fingerprint density at radius 3 is 2.52 bits per heavy atom. The molecule has 6 nitrogen and oxygen atoms in total. The third-order valence-corrected chi connectivity index (χ3v) is 6.71. The van der Waals surface area contributed by atoms with Crippen LogP contribution in [0.15, 0.2) is 4.52 Å². The lowest BCUT2D eigenvalue weighted by Gasteiger charge is -2.22. The lowest BCUT2D eigenvalue weighted by Crippen LogP contribution is -2.40. The van der Waals surface area contributed by atoms with Crippen LogP contribution in [0.25, 0.3) is 0 Å². The number of hydrogen-bond donors (Lipinski definition) is 1. The van der Waals surface area contributed by atoms with E-state index in [1.165, 1.54) is 26.2 Å². The normalized spacial score (nSPS) is 17.9. The Kier molecular flexibility index (Phi) is 5.84. The Hall–Kier alpha value is -1.37. The van der Waals surface area contributed by atoms with Gasteiger partial charge in [0.05, 0.1) is 11.4 Å². The molecule has 1 aromatic rings. The van der Waals surface area contributed by atoms with Crippen LogP contribution in [0.3, 0.4) is 0 Å². The number of aromatic nitrogens is 1. The number of carbonyl (C=O) groups is 1. The number of amides is 1. The molecule has 1 unspecified atom stereocenters. The fraction of sp³-hybridized carbons (Fsp3) is 0.750. The summed E-state index contributed by atoms with van der Waals surface area (Å²) in [5.41, 5.74) is 1.11. The Balaban J connectivity index is 1.94. The second-order valence-electron chi connectivity index (χ2n) is 6.50. The highest BCUT2D eigenvalue weighted by Crippen LogP contribution is 2.23. The SMILES string of the molecule is Cc1noc(C)c1CS(=O)(=O)C(C)C(=O)NCC1CCCCC1. The summed E-state index contributed by atoms with van der Waals surface area (Å²) in [7, 11) is -3.59.